The van der Waals surface area contributed by atoms with Gasteiger partial charge in [-0.15, -0.1) is 0 Å². The van der Waals surface area contributed by atoms with Gasteiger partial charge in [-0.1, -0.05) is 170 Å². The van der Waals surface area contributed by atoms with Gasteiger partial charge >= 0.3 is 0 Å². The van der Waals surface area contributed by atoms with Crippen LogP contribution in [0.5, 0.6) is 0 Å². The average Bonchev–Trinajstić information content (AvgIpc) is 3.03. The zero-order chi connectivity index (χ0) is 36.4. The second kappa shape index (κ2) is 13.1. The Morgan fingerprint density at radius 1 is 0.420 bits per heavy atom. The minimum Gasteiger partial charge on any atom is -0.250 e. The molecule has 0 spiro atoms. The van der Waals surface area contributed by atoms with Gasteiger partial charge in [-0.3, -0.25) is 0 Å². The first-order valence-corrected chi connectivity index (χ1v) is 19.1. The van der Waals surface area contributed by atoms with E-state index in [0.717, 1.165) is 22.8 Å². The number of benzene rings is 4. The number of aliphatic imine (C=N–C) groups is 2. The summed E-state index contributed by atoms with van der Waals surface area (Å²) in [6.07, 6.45) is 0. The molecule has 0 amide bonds. The smallest absolute Gasteiger partial charge is 0.0754 e. The van der Waals surface area contributed by atoms with Gasteiger partial charge in [-0.2, -0.15) is 0 Å². The van der Waals surface area contributed by atoms with Gasteiger partial charge in [0.05, 0.1) is 34.6 Å². The van der Waals surface area contributed by atoms with E-state index >= 15 is 0 Å². The molecule has 7 rings (SSSR count). The van der Waals surface area contributed by atoms with E-state index in [1.54, 1.807) is 0 Å². The van der Waals surface area contributed by atoms with Crippen LogP contribution in [0.2, 0.25) is 0 Å². The Kier molecular flexibility index (Phi) is 9.42. The molecule has 0 radical (unpaired) electrons. The van der Waals surface area contributed by atoms with Gasteiger partial charge in [0.1, 0.15) is 0 Å². The first-order valence-electron chi connectivity index (χ1n) is 19.1. The fourth-order valence-electron chi connectivity index (χ4n) is 8.09. The minimum atomic E-state index is -0.00555. The Balaban J connectivity index is 1.79. The third-order valence-electron chi connectivity index (χ3n) is 11.1. The second-order valence-corrected chi connectivity index (χ2v) is 18.2. The number of para-hydroxylation sites is 2. The van der Waals surface area contributed by atoms with Crippen LogP contribution >= 0.6 is 0 Å². The highest BCUT2D eigenvalue weighted by atomic mass is 14.9. The van der Waals surface area contributed by atoms with Crippen LogP contribution in [0.3, 0.4) is 0 Å². The topological polar surface area (TPSA) is 24.7 Å². The van der Waals surface area contributed by atoms with E-state index in [2.05, 4.69) is 170 Å². The predicted molar refractivity (Wildman–Crippen MR) is 217 cm³/mol. The van der Waals surface area contributed by atoms with Crippen molar-refractivity contribution in [2.75, 3.05) is 0 Å². The lowest BCUT2D eigenvalue weighted by atomic mass is 9.60. The van der Waals surface area contributed by atoms with Crippen molar-refractivity contribution in [3.63, 3.8) is 0 Å². The van der Waals surface area contributed by atoms with Crippen LogP contribution in [0, 0.1) is 0 Å². The summed E-state index contributed by atoms with van der Waals surface area (Å²) in [5.74, 6) is 1.40. The van der Waals surface area contributed by atoms with E-state index in [1.165, 1.54) is 55.6 Å². The molecule has 0 N–H and O–H groups in total. The maximum atomic E-state index is 5.92. The Labute approximate surface area is 303 Å². The summed E-state index contributed by atoms with van der Waals surface area (Å²) >= 11 is 0. The van der Waals surface area contributed by atoms with Gasteiger partial charge in [-0.05, 0) is 90.1 Å². The maximum Gasteiger partial charge on any atom is 0.0754 e. The summed E-state index contributed by atoms with van der Waals surface area (Å²) in [5, 5.41) is 0. The molecule has 0 heterocycles. The van der Waals surface area contributed by atoms with E-state index in [0.29, 0.717) is 23.7 Å². The molecule has 2 heteroatoms. The molecule has 262 valence electrons. The normalized spacial score (nSPS) is 19.0. The Morgan fingerprint density at radius 3 is 0.980 bits per heavy atom. The predicted octanol–water partition coefficient (Wildman–Crippen LogP) is 13.9. The third-order valence-corrected chi connectivity index (χ3v) is 11.1. The molecule has 4 aromatic carbocycles. The molecule has 0 fully saturated rings. The fourth-order valence-corrected chi connectivity index (χ4v) is 8.09. The summed E-state index contributed by atoms with van der Waals surface area (Å²) in [6.45, 7) is 32.3. The lowest BCUT2D eigenvalue weighted by Gasteiger charge is -2.44. The van der Waals surface area contributed by atoms with Crippen LogP contribution in [-0.4, -0.2) is 11.4 Å². The number of nitrogens with zero attached hydrogens (tertiary/aromatic N) is 2. The summed E-state index contributed by atoms with van der Waals surface area (Å²) in [6, 6.07) is 28.2. The van der Waals surface area contributed by atoms with Crippen LogP contribution < -0.4 is 0 Å². The molecule has 4 aromatic rings. The van der Waals surface area contributed by atoms with Gasteiger partial charge < -0.3 is 0 Å². The minimum absolute atomic E-state index is 0.00555. The number of fused-ring (bicyclic) bond motifs is 1. The molecule has 2 nitrogen and oxygen atoms in total. The molecular formula is C48H60N2. The van der Waals surface area contributed by atoms with Crippen LogP contribution in [0.4, 0.5) is 11.4 Å². The molecule has 0 aromatic heterocycles. The van der Waals surface area contributed by atoms with Crippen molar-refractivity contribution in [3.8, 4) is 0 Å². The molecule has 2 atom stereocenters. The van der Waals surface area contributed by atoms with Gasteiger partial charge in [-0.25, -0.2) is 9.98 Å². The van der Waals surface area contributed by atoms with Crippen molar-refractivity contribution in [3.05, 3.63) is 128 Å². The first-order chi connectivity index (χ1) is 23.4. The molecule has 3 aliphatic carbocycles. The van der Waals surface area contributed by atoms with Crippen LogP contribution in [0.25, 0.3) is 0 Å². The standard InChI is InChI=1S/C48H60N2/c1-27(2)33-17-15-18-34(28(3)4)43(33)49-45-41-37-23-21-32(48(12,13)14)26-40(37)42(38-24-22-31(25-39(38)41)47(9,10)11)46(45)50-44-35(29(5)6)19-16-20-36(44)30(7)8/h15-30,41-42H,1-14H3. The van der Waals surface area contributed by atoms with E-state index < -0.39 is 0 Å². The van der Waals surface area contributed by atoms with Crippen LogP contribution in [0.15, 0.2) is 82.8 Å². The highest BCUT2D eigenvalue weighted by molar-refractivity contribution is 6.50. The summed E-state index contributed by atoms with van der Waals surface area (Å²) in [7, 11) is 0. The van der Waals surface area contributed by atoms with Crippen LogP contribution in [-0.2, 0) is 10.8 Å². The quantitative estimate of drug-likeness (QED) is 0.196. The van der Waals surface area contributed by atoms with Crippen molar-refractivity contribution < 1.29 is 0 Å². The van der Waals surface area contributed by atoms with Crippen LogP contribution in [0.1, 0.15) is 188 Å². The van der Waals surface area contributed by atoms with Gasteiger partial charge in [0, 0.05) is 0 Å². The van der Waals surface area contributed by atoms with Gasteiger partial charge in [0.25, 0.3) is 0 Å². The molecule has 0 aliphatic heterocycles. The lowest BCUT2D eigenvalue weighted by molar-refractivity contribution is 0.586. The van der Waals surface area contributed by atoms with Crippen molar-refractivity contribution in [1.82, 2.24) is 0 Å². The third kappa shape index (κ3) is 6.33. The largest absolute Gasteiger partial charge is 0.250 e. The number of hydrogen-bond donors (Lipinski definition) is 0. The zero-order valence-electron chi connectivity index (χ0n) is 33.3. The molecule has 0 saturated carbocycles. The van der Waals surface area contributed by atoms with E-state index in [9.17, 15) is 0 Å². The maximum absolute atomic E-state index is 5.92. The van der Waals surface area contributed by atoms with Crippen molar-refractivity contribution in [2.24, 2.45) is 9.98 Å². The molecule has 2 bridgehead atoms. The van der Waals surface area contributed by atoms with E-state index in [4.69, 9.17) is 9.98 Å². The second-order valence-electron chi connectivity index (χ2n) is 18.2. The van der Waals surface area contributed by atoms with E-state index in [-0.39, 0.29) is 22.7 Å². The fraction of sp³-hybridized carbons (Fsp3) is 0.458. The van der Waals surface area contributed by atoms with Crippen molar-refractivity contribution in [1.29, 1.82) is 0 Å². The Morgan fingerprint density at radius 2 is 0.720 bits per heavy atom. The highest BCUT2D eigenvalue weighted by Gasteiger charge is 2.47. The average molecular weight is 665 g/mol. The highest BCUT2D eigenvalue weighted by Crippen LogP contribution is 2.54. The Hall–Kier alpha value is -3.78. The van der Waals surface area contributed by atoms with E-state index in [1.807, 2.05) is 0 Å². The van der Waals surface area contributed by atoms with Gasteiger partial charge in [0.2, 0.25) is 0 Å². The van der Waals surface area contributed by atoms with Crippen molar-refractivity contribution >= 4 is 22.8 Å². The SMILES string of the molecule is CC(C)c1cccc(C(C)C)c1N=C1C(=Nc2c(C(C)C)cccc2C(C)C)C2c3ccc(C(C)(C)C)cc3C1c1ccc(C(C)(C)C)cc12. The van der Waals surface area contributed by atoms with Crippen molar-refractivity contribution in [2.45, 2.75) is 143 Å². The number of hydrogen-bond acceptors (Lipinski definition) is 2. The summed E-state index contributed by atoms with van der Waals surface area (Å²) in [4.78, 5) is 11.8. The molecule has 50 heavy (non-hydrogen) atoms. The first kappa shape index (κ1) is 36.0. The molecule has 2 unspecified atom stereocenters. The molecule has 3 aliphatic rings. The number of rotatable bonds is 6. The summed E-state index contributed by atoms with van der Waals surface area (Å²) in [5.41, 5.74) is 18.1. The Bertz CT molecular complexity index is 1790. The zero-order valence-corrected chi connectivity index (χ0v) is 33.3. The van der Waals surface area contributed by atoms with Gasteiger partial charge in [0.15, 0.2) is 0 Å². The lowest BCUT2D eigenvalue weighted by Crippen LogP contribution is -2.41. The molecular weight excluding hydrogens is 605 g/mol. The molecule has 0 saturated heterocycles. The summed E-state index contributed by atoms with van der Waals surface area (Å²) < 4.78 is 0. The monoisotopic (exact) mass is 664 g/mol.